The van der Waals surface area contributed by atoms with Gasteiger partial charge in [0.2, 0.25) is 11.8 Å². The summed E-state index contributed by atoms with van der Waals surface area (Å²) in [5, 5.41) is 6.18. The largest absolute Gasteiger partial charge is 0.493 e. The number of carbonyl (C=O) groups is 2. The van der Waals surface area contributed by atoms with Crippen LogP contribution in [0.4, 0.5) is 10.1 Å². The molecule has 9 heteroatoms. The molecular formula is C21H23BrFN3O4. The number of anilines is 1. The number of amides is 2. The van der Waals surface area contributed by atoms with Crippen LogP contribution in [0, 0.1) is 5.82 Å². The first kappa shape index (κ1) is 23.3. The van der Waals surface area contributed by atoms with E-state index in [-0.39, 0.29) is 5.69 Å². The number of para-hydroxylation sites is 1. The maximum Gasteiger partial charge on any atom is 0.249 e. The summed E-state index contributed by atoms with van der Waals surface area (Å²) in [7, 11) is 1.53. The number of carbonyl (C=O) groups excluding carboxylic acids is 2. The average molecular weight is 480 g/mol. The number of ether oxygens (including phenoxy) is 2. The van der Waals surface area contributed by atoms with Gasteiger partial charge in [-0.25, -0.2) is 9.82 Å². The number of rotatable bonds is 10. The summed E-state index contributed by atoms with van der Waals surface area (Å²) in [5.41, 5.74) is 2.93. The Morgan fingerprint density at radius 2 is 2.00 bits per heavy atom. The standard InChI is InChI=1S/C21H23BrFN3O4/c1-3-4-9-30-21-15(22)10-14(11-18(21)29-2)13-24-26-20(28)12-19(27)25-17-8-6-5-7-16(17)23/h5-8,10-11,13H,3-4,9,12H2,1-2H3,(H,25,27)(H,26,28). The van der Waals surface area contributed by atoms with Crippen molar-refractivity contribution < 1.29 is 23.5 Å². The Bertz CT molecular complexity index is 921. The predicted octanol–water partition coefficient (Wildman–Crippen LogP) is 4.25. The zero-order valence-electron chi connectivity index (χ0n) is 16.7. The van der Waals surface area contributed by atoms with Gasteiger partial charge >= 0.3 is 0 Å². The van der Waals surface area contributed by atoms with Gasteiger partial charge in [-0.2, -0.15) is 5.10 Å². The monoisotopic (exact) mass is 479 g/mol. The van der Waals surface area contributed by atoms with Crippen LogP contribution in [-0.2, 0) is 9.59 Å². The van der Waals surface area contributed by atoms with Crippen LogP contribution in [0.25, 0.3) is 0 Å². The average Bonchev–Trinajstić information content (AvgIpc) is 2.71. The molecule has 0 fully saturated rings. The third-order valence-corrected chi connectivity index (χ3v) is 4.46. The second-order valence-corrected chi connectivity index (χ2v) is 7.09. The molecule has 0 aliphatic heterocycles. The fourth-order valence-electron chi connectivity index (χ4n) is 2.39. The summed E-state index contributed by atoms with van der Waals surface area (Å²) in [6, 6.07) is 9.19. The van der Waals surface area contributed by atoms with E-state index in [1.807, 2.05) is 0 Å². The molecule has 0 aliphatic rings. The minimum absolute atomic E-state index is 0.0111. The van der Waals surface area contributed by atoms with Crippen LogP contribution < -0.4 is 20.2 Å². The molecule has 30 heavy (non-hydrogen) atoms. The molecule has 0 aromatic heterocycles. The van der Waals surface area contributed by atoms with Crippen molar-refractivity contribution >= 4 is 39.6 Å². The quantitative estimate of drug-likeness (QED) is 0.230. The molecule has 2 aromatic carbocycles. The predicted molar refractivity (Wildman–Crippen MR) is 116 cm³/mol. The van der Waals surface area contributed by atoms with E-state index in [0.717, 1.165) is 12.8 Å². The van der Waals surface area contributed by atoms with Gasteiger partial charge in [-0.1, -0.05) is 25.5 Å². The molecule has 0 unspecified atom stereocenters. The van der Waals surface area contributed by atoms with Gasteiger partial charge in [-0.15, -0.1) is 0 Å². The molecule has 0 saturated heterocycles. The van der Waals surface area contributed by atoms with E-state index in [2.05, 4.69) is 38.7 Å². The Labute approximate surface area is 182 Å². The van der Waals surface area contributed by atoms with Gasteiger partial charge in [0.15, 0.2) is 11.5 Å². The maximum absolute atomic E-state index is 13.5. The molecule has 0 atom stereocenters. The van der Waals surface area contributed by atoms with Crippen molar-refractivity contribution in [3.63, 3.8) is 0 Å². The maximum atomic E-state index is 13.5. The SMILES string of the molecule is CCCCOc1c(Br)cc(C=NNC(=O)CC(=O)Nc2ccccc2F)cc1OC. The fraction of sp³-hybridized carbons (Fsp3) is 0.286. The molecule has 0 radical (unpaired) electrons. The highest BCUT2D eigenvalue weighted by atomic mass is 79.9. The van der Waals surface area contributed by atoms with Crippen LogP contribution >= 0.6 is 15.9 Å². The molecule has 0 saturated carbocycles. The van der Waals surface area contributed by atoms with Gasteiger partial charge in [0.1, 0.15) is 12.2 Å². The molecule has 0 heterocycles. The third-order valence-electron chi connectivity index (χ3n) is 3.87. The molecular weight excluding hydrogens is 457 g/mol. The number of unbranched alkanes of at least 4 members (excludes halogenated alkanes) is 1. The first-order valence-corrected chi connectivity index (χ1v) is 10.1. The highest BCUT2D eigenvalue weighted by Crippen LogP contribution is 2.36. The molecule has 2 aromatic rings. The molecule has 0 aliphatic carbocycles. The molecule has 0 spiro atoms. The van der Waals surface area contributed by atoms with Crippen molar-refractivity contribution in [3.8, 4) is 11.5 Å². The number of hydrogen-bond acceptors (Lipinski definition) is 5. The number of benzene rings is 2. The molecule has 160 valence electrons. The second kappa shape index (κ2) is 11.9. The van der Waals surface area contributed by atoms with Crippen LogP contribution in [0.1, 0.15) is 31.7 Å². The number of halogens is 2. The van der Waals surface area contributed by atoms with Crippen molar-refractivity contribution in [1.82, 2.24) is 5.43 Å². The van der Waals surface area contributed by atoms with Gasteiger partial charge < -0.3 is 14.8 Å². The number of nitrogens with one attached hydrogen (secondary N) is 2. The number of hydrogen-bond donors (Lipinski definition) is 2. The highest BCUT2D eigenvalue weighted by molar-refractivity contribution is 9.10. The summed E-state index contributed by atoms with van der Waals surface area (Å²) in [6.07, 6.45) is 2.86. The fourth-order valence-corrected chi connectivity index (χ4v) is 2.97. The van der Waals surface area contributed by atoms with Crippen LogP contribution in [0.15, 0.2) is 46.0 Å². The van der Waals surface area contributed by atoms with Gasteiger partial charge in [0, 0.05) is 0 Å². The van der Waals surface area contributed by atoms with E-state index in [0.29, 0.717) is 28.1 Å². The smallest absolute Gasteiger partial charge is 0.249 e. The van der Waals surface area contributed by atoms with Gasteiger partial charge in [-0.05, 0) is 52.2 Å². The first-order chi connectivity index (χ1) is 14.4. The van der Waals surface area contributed by atoms with E-state index in [4.69, 9.17) is 9.47 Å². The zero-order valence-corrected chi connectivity index (χ0v) is 18.3. The lowest BCUT2D eigenvalue weighted by molar-refractivity contribution is -0.126. The van der Waals surface area contributed by atoms with E-state index in [9.17, 15) is 14.0 Å². The Hall–Kier alpha value is -2.94. The van der Waals surface area contributed by atoms with Crippen molar-refractivity contribution in [2.24, 2.45) is 5.10 Å². The normalized spacial score (nSPS) is 10.7. The van der Waals surface area contributed by atoms with Crippen LogP contribution in [-0.4, -0.2) is 31.7 Å². The summed E-state index contributed by atoms with van der Waals surface area (Å²) < 4.78 is 25.3. The summed E-state index contributed by atoms with van der Waals surface area (Å²) in [5.74, 6) is -0.739. The lowest BCUT2D eigenvalue weighted by Gasteiger charge is -2.13. The van der Waals surface area contributed by atoms with Gasteiger partial charge in [0.05, 0.1) is 30.1 Å². The number of hydrazone groups is 1. The summed E-state index contributed by atoms with van der Waals surface area (Å²) >= 11 is 3.44. The number of nitrogens with zero attached hydrogens (tertiary/aromatic N) is 1. The third kappa shape index (κ3) is 7.14. The second-order valence-electron chi connectivity index (χ2n) is 6.23. The molecule has 7 nitrogen and oxygen atoms in total. The Morgan fingerprint density at radius 3 is 2.70 bits per heavy atom. The minimum Gasteiger partial charge on any atom is -0.493 e. The Balaban J connectivity index is 1.92. The first-order valence-electron chi connectivity index (χ1n) is 9.31. The summed E-state index contributed by atoms with van der Waals surface area (Å²) in [6.45, 7) is 2.65. The van der Waals surface area contributed by atoms with E-state index in [1.54, 1.807) is 18.2 Å². The van der Waals surface area contributed by atoms with E-state index < -0.39 is 24.1 Å². The van der Waals surface area contributed by atoms with E-state index >= 15 is 0 Å². The Morgan fingerprint density at radius 1 is 1.23 bits per heavy atom. The molecule has 2 rings (SSSR count). The lowest BCUT2D eigenvalue weighted by atomic mass is 10.2. The van der Waals surface area contributed by atoms with Crippen molar-refractivity contribution in [3.05, 3.63) is 52.3 Å². The highest BCUT2D eigenvalue weighted by Gasteiger charge is 2.12. The van der Waals surface area contributed by atoms with Crippen molar-refractivity contribution in [2.75, 3.05) is 19.0 Å². The summed E-state index contributed by atoms with van der Waals surface area (Å²) in [4.78, 5) is 23.7. The number of methoxy groups -OCH3 is 1. The van der Waals surface area contributed by atoms with Crippen LogP contribution in [0.3, 0.4) is 0 Å². The van der Waals surface area contributed by atoms with Gasteiger partial charge in [0.25, 0.3) is 0 Å². The molecule has 2 N–H and O–H groups in total. The van der Waals surface area contributed by atoms with Crippen molar-refractivity contribution in [2.45, 2.75) is 26.2 Å². The molecule has 2 amide bonds. The van der Waals surface area contributed by atoms with Crippen LogP contribution in [0.5, 0.6) is 11.5 Å². The zero-order chi connectivity index (χ0) is 21.9. The molecule has 0 bridgehead atoms. The Kier molecular flexibility index (Phi) is 9.27. The topological polar surface area (TPSA) is 89.0 Å². The lowest BCUT2D eigenvalue weighted by Crippen LogP contribution is -2.24. The van der Waals surface area contributed by atoms with E-state index in [1.165, 1.54) is 31.5 Å². The van der Waals surface area contributed by atoms with Crippen LogP contribution in [0.2, 0.25) is 0 Å². The van der Waals surface area contributed by atoms with Gasteiger partial charge in [-0.3, -0.25) is 9.59 Å². The minimum atomic E-state index is -0.647. The van der Waals surface area contributed by atoms with Crippen molar-refractivity contribution in [1.29, 1.82) is 0 Å².